The van der Waals surface area contributed by atoms with Gasteiger partial charge in [-0.2, -0.15) is 5.10 Å². The maximum Gasteiger partial charge on any atom is 0.312 e. The monoisotopic (exact) mass is 364 g/mol. The molecule has 1 heterocycles. The van der Waals surface area contributed by atoms with Gasteiger partial charge in [0.2, 0.25) is 0 Å². The molecule has 138 valence electrons. The van der Waals surface area contributed by atoms with Crippen LogP contribution in [0.25, 0.3) is 0 Å². The van der Waals surface area contributed by atoms with Crippen LogP contribution in [0.5, 0.6) is 0 Å². The minimum Gasteiger partial charge on any atom is -0.322 e. The third-order valence-electron chi connectivity index (χ3n) is 4.35. The zero-order valence-corrected chi connectivity index (χ0v) is 15.4. The molecule has 0 aliphatic carbocycles. The number of aryl methyl sites for hydroxylation is 2. The van der Waals surface area contributed by atoms with Crippen molar-refractivity contribution in [1.29, 1.82) is 0 Å². The van der Waals surface area contributed by atoms with Crippen LogP contribution in [0.1, 0.15) is 32.9 Å². The Morgan fingerprint density at radius 1 is 1.15 bits per heavy atom. The number of nitro groups is 1. The number of hydrogen-bond donors (Lipinski definition) is 1. The Hall–Kier alpha value is -3.48. The highest BCUT2D eigenvalue weighted by Crippen LogP contribution is 2.22. The van der Waals surface area contributed by atoms with Crippen molar-refractivity contribution in [3.05, 3.63) is 86.7 Å². The molecule has 0 saturated heterocycles. The summed E-state index contributed by atoms with van der Waals surface area (Å²) in [5.41, 5.74) is 4.22. The maximum atomic E-state index is 12.4. The van der Waals surface area contributed by atoms with E-state index in [1.165, 1.54) is 0 Å². The Bertz CT molecular complexity index is 1010. The van der Waals surface area contributed by atoms with Crippen LogP contribution in [0, 0.1) is 30.9 Å². The van der Waals surface area contributed by atoms with Crippen molar-refractivity contribution >= 4 is 17.3 Å². The highest BCUT2D eigenvalue weighted by atomic mass is 16.6. The molecule has 7 heteroatoms. The first-order valence-corrected chi connectivity index (χ1v) is 8.50. The third-order valence-corrected chi connectivity index (χ3v) is 4.35. The van der Waals surface area contributed by atoms with Crippen LogP contribution in [-0.2, 0) is 6.54 Å². The lowest BCUT2D eigenvalue weighted by Crippen LogP contribution is -2.12. The number of amides is 1. The van der Waals surface area contributed by atoms with Gasteiger partial charge in [0.05, 0.1) is 11.5 Å². The number of carbonyl (C=O) groups is 1. The number of hydrogen-bond acceptors (Lipinski definition) is 4. The average Bonchev–Trinajstić information content (AvgIpc) is 2.89. The van der Waals surface area contributed by atoms with E-state index in [0.717, 1.165) is 16.8 Å². The van der Waals surface area contributed by atoms with Gasteiger partial charge in [-0.15, -0.1) is 0 Å². The predicted octanol–water partition coefficient (Wildman–Crippen LogP) is 4.02. The smallest absolute Gasteiger partial charge is 0.312 e. The van der Waals surface area contributed by atoms with Crippen LogP contribution in [0.4, 0.5) is 11.4 Å². The minimum absolute atomic E-state index is 0.0455. The first-order valence-electron chi connectivity index (χ1n) is 8.50. The molecule has 3 rings (SSSR count). The molecular formula is C20H20N4O3. The summed E-state index contributed by atoms with van der Waals surface area (Å²) in [6.45, 7) is 5.68. The third kappa shape index (κ3) is 4.03. The fourth-order valence-electron chi connectivity index (χ4n) is 2.97. The van der Waals surface area contributed by atoms with E-state index in [0.29, 0.717) is 23.5 Å². The van der Waals surface area contributed by atoms with Gasteiger partial charge >= 0.3 is 5.69 Å². The summed E-state index contributed by atoms with van der Waals surface area (Å²) >= 11 is 0. The van der Waals surface area contributed by atoms with Gasteiger partial charge < -0.3 is 5.32 Å². The van der Waals surface area contributed by atoms with E-state index in [-0.39, 0.29) is 11.6 Å². The molecule has 1 aromatic heterocycles. The quantitative estimate of drug-likeness (QED) is 0.547. The standard InChI is InChI=1S/C20H20N4O3/c1-13-5-4-6-18(11-13)21-20(25)17-9-7-16(8-10-17)12-23-15(3)19(24(26)27)14(2)22-23/h4-11H,12H2,1-3H3,(H,21,25). The molecule has 2 aromatic carbocycles. The van der Waals surface area contributed by atoms with Gasteiger partial charge in [0.25, 0.3) is 5.91 Å². The Kier molecular flexibility index (Phi) is 5.03. The normalized spacial score (nSPS) is 10.6. The number of carbonyl (C=O) groups excluding carboxylic acids is 1. The van der Waals surface area contributed by atoms with Gasteiger partial charge in [-0.25, -0.2) is 0 Å². The molecule has 0 aliphatic rings. The number of aromatic nitrogens is 2. The Morgan fingerprint density at radius 2 is 1.85 bits per heavy atom. The van der Waals surface area contributed by atoms with Crippen LogP contribution >= 0.6 is 0 Å². The fourth-order valence-corrected chi connectivity index (χ4v) is 2.97. The molecule has 0 bridgehead atoms. The van der Waals surface area contributed by atoms with Gasteiger partial charge in [0.1, 0.15) is 11.4 Å². The highest BCUT2D eigenvalue weighted by Gasteiger charge is 2.21. The number of nitrogens with one attached hydrogen (secondary N) is 1. The fraction of sp³-hybridized carbons (Fsp3) is 0.200. The molecular weight excluding hydrogens is 344 g/mol. The molecule has 0 spiro atoms. The van der Waals surface area contributed by atoms with E-state index < -0.39 is 4.92 Å². The van der Waals surface area contributed by atoms with E-state index >= 15 is 0 Å². The number of nitrogens with zero attached hydrogens (tertiary/aromatic N) is 3. The van der Waals surface area contributed by atoms with Crippen molar-refractivity contribution in [2.75, 3.05) is 5.32 Å². The second-order valence-electron chi connectivity index (χ2n) is 6.45. The summed E-state index contributed by atoms with van der Waals surface area (Å²) in [5.74, 6) is -0.186. The number of benzene rings is 2. The first kappa shape index (κ1) is 18.3. The molecule has 0 unspecified atom stereocenters. The van der Waals surface area contributed by atoms with Crippen molar-refractivity contribution in [3.63, 3.8) is 0 Å². The molecule has 1 N–H and O–H groups in total. The van der Waals surface area contributed by atoms with E-state index in [4.69, 9.17) is 0 Å². The van der Waals surface area contributed by atoms with Crippen LogP contribution in [0.2, 0.25) is 0 Å². The maximum absolute atomic E-state index is 12.4. The van der Waals surface area contributed by atoms with Gasteiger partial charge in [0.15, 0.2) is 0 Å². The van der Waals surface area contributed by atoms with Gasteiger partial charge in [-0.1, -0.05) is 24.3 Å². The van der Waals surface area contributed by atoms with Crippen molar-refractivity contribution in [2.45, 2.75) is 27.3 Å². The van der Waals surface area contributed by atoms with Crippen molar-refractivity contribution in [1.82, 2.24) is 9.78 Å². The number of anilines is 1. The van der Waals surface area contributed by atoms with E-state index in [9.17, 15) is 14.9 Å². The Morgan fingerprint density at radius 3 is 2.44 bits per heavy atom. The second-order valence-corrected chi connectivity index (χ2v) is 6.45. The van der Waals surface area contributed by atoms with Crippen LogP contribution in [0.15, 0.2) is 48.5 Å². The molecule has 3 aromatic rings. The lowest BCUT2D eigenvalue weighted by molar-refractivity contribution is -0.386. The zero-order valence-electron chi connectivity index (χ0n) is 15.4. The second kappa shape index (κ2) is 7.41. The van der Waals surface area contributed by atoms with Gasteiger partial charge in [-0.3, -0.25) is 19.6 Å². The zero-order chi connectivity index (χ0) is 19.6. The molecule has 0 atom stereocenters. The lowest BCUT2D eigenvalue weighted by Gasteiger charge is -2.08. The van der Waals surface area contributed by atoms with E-state index in [2.05, 4.69) is 10.4 Å². The largest absolute Gasteiger partial charge is 0.322 e. The van der Waals surface area contributed by atoms with Crippen LogP contribution in [0.3, 0.4) is 0 Å². The van der Waals surface area contributed by atoms with Gasteiger partial charge in [0, 0.05) is 11.3 Å². The highest BCUT2D eigenvalue weighted by molar-refractivity contribution is 6.04. The Labute approximate surface area is 156 Å². The molecule has 27 heavy (non-hydrogen) atoms. The van der Waals surface area contributed by atoms with Crippen LogP contribution < -0.4 is 5.32 Å². The van der Waals surface area contributed by atoms with E-state index in [1.54, 1.807) is 30.7 Å². The molecule has 7 nitrogen and oxygen atoms in total. The number of rotatable bonds is 5. The molecule has 0 radical (unpaired) electrons. The summed E-state index contributed by atoms with van der Waals surface area (Å²) in [4.78, 5) is 23.1. The predicted molar refractivity (Wildman–Crippen MR) is 103 cm³/mol. The summed E-state index contributed by atoms with van der Waals surface area (Å²) in [6.07, 6.45) is 0. The molecule has 1 amide bonds. The SMILES string of the molecule is Cc1cccc(NC(=O)c2ccc(Cn3nc(C)c([N+](=O)[O-])c3C)cc2)c1. The molecule has 0 aliphatic heterocycles. The van der Waals surface area contributed by atoms with Crippen molar-refractivity contribution in [2.24, 2.45) is 0 Å². The Balaban J connectivity index is 1.73. The van der Waals surface area contributed by atoms with E-state index in [1.807, 2.05) is 43.3 Å². The average molecular weight is 364 g/mol. The topological polar surface area (TPSA) is 90.1 Å². The summed E-state index contributed by atoms with van der Waals surface area (Å²) in [6, 6.07) is 14.7. The van der Waals surface area contributed by atoms with Crippen molar-refractivity contribution < 1.29 is 9.72 Å². The summed E-state index contributed by atoms with van der Waals surface area (Å²) in [5, 5.41) is 18.2. The van der Waals surface area contributed by atoms with Gasteiger partial charge in [-0.05, 0) is 56.2 Å². The minimum atomic E-state index is -0.410. The molecule has 0 saturated carbocycles. The first-order chi connectivity index (χ1) is 12.8. The lowest BCUT2D eigenvalue weighted by atomic mass is 10.1. The molecule has 0 fully saturated rings. The summed E-state index contributed by atoms with van der Waals surface area (Å²) in [7, 11) is 0. The van der Waals surface area contributed by atoms with Crippen molar-refractivity contribution in [3.8, 4) is 0 Å². The van der Waals surface area contributed by atoms with Crippen LogP contribution in [-0.4, -0.2) is 20.6 Å². The summed E-state index contributed by atoms with van der Waals surface area (Å²) < 4.78 is 1.61.